The monoisotopic (exact) mass is 297 g/mol. The Balaban J connectivity index is 3.10. The Labute approximate surface area is 124 Å². The standard InChI is InChI=1S/C13H23N5O3/c1-6-8-17-12(11(18(20)21)9(3)15-17)14-10(4)13(19)16(5)7-2/h10,14H,6-8H2,1-5H3. The number of aryl methyl sites for hydroxylation is 2. The van der Waals surface area contributed by atoms with Crippen molar-refractivity contribution in [3.63, 3.8) is 0 Å². The molecule has 0 spiro atoms. The molecule has 1 unspecified atom stereocenters. The fourth-order valence-electron chi connectivity index (χ4n) is 2.06. The van der Waals surface area contributed by atoms with Crippen molar-refractivity contribution in [2.45, 2.75) is 46.7 Å². The normalized spacial score (nSPS) is 12.0. The second-order valence-corrected chi connectivity index (χ2v) is 4.98. The molecule has 0 aromatic carbocycles. The van der Waals surface area contributed by atoms with Crippen LogP contribution in [0.4, 0.5) is 11.5 Å². The lowest BCUT2D eigenvalue weighted by atomic mass is 10.2. The number of anilines is 1. The van der Waals surface area contributed by atoms with Gasteiger partial charge in [-0.2, -0.15) is 5.10 Å². The van der Waals surface area contributed by atoms with E-state index in [1.807, 2.05) is 13.8 Å². The van der Waals surface area contributed by atoms with Gasteiger partial charge in [0.25, 0.3) is 0 Å². The average Bonchev–Trinajstić information content (AvgIpc) is 2.73. The Hall–Kier alpha value is -2.12. The molecule has 0 aliphatic heterocycles. The van der Waals surface area contributed by atoms with Crippen molar-refractivity contribution in [1.29, 1.82) is 0 Å². The molecule has 1 N–H and O–H groups in total. The molecule has 1 amide bonds. The fraction of sp³-hybridized carbons (Fsp3) is 0.692. The molecule has 1 atom stereocenters. The van der Waals surface area contributed by atoms with Gasteiger partial charge in [-0.1, -0.05) is 6.92 Å². The van der Waals surface area contributed by atoms with E-state index in [-0.39, 0.29) is 11.6 Å². The molecule has 1 aromatic heterocycles. The molecule has 1 aromatic rings. The van der Waals surface area contributed by atoms with E-state index < -0.39 is 11.0 Å². The first kappa shape index (κ1) is 16.9. The summed E-state index contributed by atoms with van der Waals surface area (Å²) in [5.74, 6) is 0.179. The second kappa shape index (κ2) is 7.05. The lowest BCUT2D eigenvalue weighted by Gasteiger charge is -2.21. The summed E-state index contributed by atoms with van der Waals surface area (Å²) in [6.07, 6.45) is 0.796. The van der Waals surface area contributed by atoms with Crippen molar-refractivity contribution in [3.8, 4) is 0 Å². The predicted octanol–water partition coefficient (Wildman–Crippen LogP) is 1.79. The first-order valence-electron chi connectivity index (χ1n) is 7.06. The molecule has 0 fully saturated rings. The van der Waals surface area contributed by atoms with Crippen molar-refractivity contribution in [2.75, 3.05) is 18.9 Å². The second-order valence-electron chi connectivity index (χ2n) is 4.98. The molecular formula is C13H23N5O3. The third kappa shape index (κ3) is 3.71. The van der Waals surface area contributed by atoms with E-state index in [1.165, 1.54) is 0 Å². The first-order valence-corrected chi connectivity index (χ1v) is 7.06. The van der Waals surface area contributed by atoms with Gasteiger partial charge in [0.15, 0.2) is 0 Å². The number of nitrogens with zero attached hydrogens (tertiary/aromatic N) is 4. The summed E-state index contributed by atoms with van der Waals surface area (Å²) in [5.41, 5.74) is 0.279. The van der Waals surface area contributed by atoms with Crippen molar-refractivity contribution in [3.05, 3.63) is 15.8 Å². The van der Waals surface area contributed by atoms with Crippen LogP contribution in [0, 0.1) is 17.0 Å². The van der Waals surface area contributed by atoms with Crippen molar-refractivity contribution in [1.82, 2.24) is 14.7 Å². The quantitative estimate of drug-likeness (QED) is 0.611. The number of nitrogens with one attached hydrogen (secondary N) is 1. The fourth-order valence-corrected chi connectivity index (χ4v) is 2.06. The van der Waals surface area contributed by atoms with E-state index in [1.54, 1.807) is 30.5 Å². The SMILES string of the molecule is CCCn1nc(C)c([N+](=O)[O-])c1NC(C)C(=O)N(C)CC. The maximum atomic E-state index is 12.1. The van der Waals surface area contributed by atoms with Crippen LogP contribution in [0.2, 0.25) is 0 Å². The highest BCUT2D eigenvalue weighted by Crippen LogP contribution is 2.29. The van der Waals surface area contributed by atoms with E-state index in [2.05, 4.69) is 10.4 Å². The summed E-state index contributed by atoms with van der Waals surface area (Å²) in [5, 5.41) is 18.4. The summed E-state index contributed by atoms with van der Waals surface area (Å²) in [6.45, 7) is 8.27. The smallest absolute Gasteiger partial charge is 0.333 e. The number of likely N-dealkylation sites (N-methyl/N-ethyl adjacent to an activating group) is 1. The number of hydrogen-bond donors (Lipinski definition) is 1. The molecule has 0 radical (unpaired) electrons. The molecule has 21 heavy (non-hydrogen) atoms. The molecule has 1 rings (SSSR count). The summed E-state index contributed by atoms with van der Waals surface area (Å²) < 4.78 is 1.56. The average molecular weight is 297 g/mol. The minimum absolute atomic E-state index is 0.0674. The number of amides is 1. The van der Waals surface area contributed by atoms with Crippen molar-refractivity contribution < 1.29 is 9.72 Å². The molecule has 0 aliphatic rings. The van der Waals surface area contributed by atoms with Crippen LogP contribution in [-0.4, -0.2) is 45.1 Å². The number of nitro groups is 1. The van der Waals surface area contributed by atoms with Gasteiger partial charge < -0.3 is 10.2 Å². The van der Waals surface area contributed by atoms with Gasteiger partial charge in [0, 0.05) is 20.1 Å². The zero-order chi connectivity index (χ0) is 16.2. The molecular weight excluding hydrogens is 274 g/mol. The minimum atomic E-state index is -0.555. The molecule has 0 aliphatic carbocycles. The van der Waals surface area contributed by atoms with Gasteiger partial charge in [-0.15, -0.1) is 0 Å². The van der Waals surface area contributed by atoms with E-state index in [0.717, 1.165) is 6.42 Å². The Bertz CT molecular complexity index is 526. The number of hydrogen-bond acceptors (Lipinski definition) is 5. The van der Waals surface area contributed by atoms with Crippen LogP contribution in [0.1, 0.15) is 32.9 Å². The van der Waals surface area contributed by atoms with Crippen LogP contribution in [0.25, 0.3) is 0 Å². The topological polar surface area (TPSA) is 93.3 Å². The molecule has 0 saturated carbocycles. The van der Waals surface area contributed by atoms with Crippen LogP contribution in [-0.2, 0) is 11.3 Å². The molecule has 0 bridgehead atoms. The predicted molar refractivity (Wildman–Crippen MR) is 80.3 cm³/mol. The van der Waals surface area contributed by atoms with Crippen LogP contribution >= 0.6 is 0 Å². The van der Waals surface area contributed by atoms with Crippen LogP contribution in [0.15, 0.2) is 0 Å². The lowest BCUT2D eigenvalue weighted by Crippen LogP contribution is -2.39. The highest BCUT2D eigenvalue weighted by molar-refractivity contribution is 5.84. The zero-order valence-electron chi connectivity index (χ0n) is 13.2. The summed E-state index contributed by atoms with van der Waals surface area (Å²) in [4.78, 5) is 24.4. The van der Waals surface area contributed by atoms with Gasteiger partial charge in [-0.25, -0.2) is 4.68 Å². The van der Waals surface area contributed by atoms with E-state index in [0.29, 0.717) is 24.6 Å². The highest BCUT2D eigenvalue weighted by atomic mass is 16.6. The summed E-state index contributed by atoms with van der Waals surface area (Å²) in [6, 6.07) is -0.555. The highest BCUT2D eigenvalue weighted by Gasteiger charge is 2.28. The Morgan fingerprint density at radius 3 is 2.62 bits per heavy atom. The van der Waals surface area contributed by atoms with Gasteiger partial charge in [0.2, 0.25) is 11.7 Å². The molecule has 118 valence electrons. The number of aromatic nitrogens is 2. The number of rotatable bonds is 7. The molecule has 0 saturated heterocycles. The van der Waals surface area contributed by atoms with E-state index in [9.17, 15) is 14.9 Å². The zero-order valence-corrected chi connectivity index (χ0v) is 13.2. The molecule has 8 heteroatoms. The molecule has 8 nitrogen and oxygen atoms in total. The Morgan fingerprint density at radius 2 is 2.14 bits per heavy atom. The van der Waals surface area contributed by atoms with Gasteiger partial charge in [0.05, 0.1) is 4.92 Å². The van der Waals surface area contributed by atoms with Gasteiger partial charge in [-0.05, 0) is 27.2 Å². The first-order chi connectivity index (χ1) is 9.83. The Kier molecular flexibility index (Phi) is 5.69. The maximum Gasteiger partial charge on any atom is 0.333 e. The largest absolute Gasteiger partial charge is 0.353 e. The Morgan fingerprint density at radius 1 is 1.52 bits per heavy atom. The van der Waals surface area contributed by atoms with E-state index >= 15 is 0 Å². The van der Waals surface area contributed by atoms with Crippen LogP contribution in [0.5, 0.6) is 0 Å². The third-order valence-electron chi connectivity index (χ3n) is 3.29. The van der Waals surface area contributed by atoms with Gasteiger partial charge in [0.1, 0.15) is 11.7 Å². The summed E-state index contributed by atoms with van der Waals surface area (Å²) in [7, 11) is 1.70. The molecule has 1 heterocycles. The third-order valence-corrected chi connectivity index (χ3v) is 3.29. The maximum absolute atomic E-state index is 12.1. The van der Waals surface area contributed by atoms with Crippen molar-refractivity contribution in [2.24, 2.45) is 0 Å². The van der Waals surface area contributed by atoms with Gasteiger partial charge in [-0.3, -0.25) is 14.9 Å². The van der Waals surface area contributed by atoms with Crippen LogP contribution < -0.4 is 5.32 Å². The van der Waals surface area contributed by atoms with Gasteiger partial charge >= 0.3 is 5.69 Å². The summed E-state index contributed by atoms with van der Waals surface area (Å²) >= 11 is 0. The van der Waals surface area contributed by atoms with E-state index in [4.69, 9.17) is 0 Å². The number of carbonyl (C=O) groups excluding carboxylic acids is 1. The minimum Gasteiger partial charge on any atom is -0.353 e. The van der Waals surface area contributed by atoms with Crippen molar-refractivity contribution >= 4 is 17.4 Å². The van der Waals surface area contributed by atoms with Crippen LogP contribution in [0.3, 0.4) is 0 Å². The number of carbonyl (C=O) groups is 1. The lowest BCUT2D eigenvalue weighted by molar-refractivity contribution is -0.384.